The zero-order chi connectivity index (χ0) is 13.1. The van der Waals surface area contributed by atoms with E-state index in [2.05, 4.69) is 15.7 Å². The second kappa shape index (κ2) is 5.80. The molecule has 1 aliphatic carbocycles. The molecular formula is C15H17FN2S. The third-order valence-electron chi connectivity index (χ3n) is 3.57. The molecule has 2 aromatic rings. The quantitative estimate of drug-likeness (QED) is 0.913. The molecule has 0 amide bonds. The highest BCUT2D eigenvalue weighted by atomic mass is 32.1. The second-order valence-electron chi connectivity index (χ2n) is 5.01. The fraction of sp³-hybridized carbons (Fsp3) is 0.400. The lowest BCUT2D eigenvalue weighted by atomic mass is 10.2. The summed E-state index contributed by atoms with van der Waals surface area (Å²) < 4.78 is 12.9. The zero-order valence-corrected chi connectivity index (χ0v) is 11.5. The summed E-state index contributed by atoms with van der Waals surface area (Å²) in [5.41, 5.74) is 2.06. The molecule has 0 radical (unpaired) electrons. The van der Waals surface area contributed by atoms with Crippen molar-refractivity contribution in [1.82, 2.24) is 10.3 Å². The molecule has 1 heterocycles. The van der Waals surface area contributed by atoms with Crippen LogP contribution in [0.3, 0.4) is 0 Å². The van der Waals surface area contributed by atoms with E-state index in [4.69, 9.17) is 0 Å². The van der Waals surface area contributed by atoms with Gasteiger partial charge in [-0.25, -0.2) is 9.37 Å². The number of rotatable bonds is 4. The largest absolute Gasteiger partial charge is 0.308 e. The van der Waals surface area contributed by atoms with Crippen LogP contribution in [0, 0.1) is 5.82 Å². The van der Waals surface area contributed by atoms with Crippen molar-refractivity contribution in [2.75, 3.05) is 0 Å². The average molecular weight is 276 g/mol. The van der Waals surface area contributed by atoms with Gasteiger partial charge < -0.3 is 5.32 Å². The van der Waals surface area contributed by atoms with E-state index in [0.717, 1.165) is 22.8 Å². The highest BCUT2D eigenvalue weighted by molar-refractivity contribution is 7.13. The van der Waals surface area contributed by atoms with Crippen LogP contribution in [0.1, 0.15) is 31.4 Å². The van der Waals surface area contributed by atoms with Crippen LogP contribution in [0.4, 0.5) is 4.39 Å². The van der Waals surface area contributed by atoms with Gasteiger partial charge in [0.2, 0.25) is 0 Å². The smallest absolute Gasteiger partial charge is 0.123 e. The summed E-state index contributed by atoms with van der Waals surface area (Å²) in [5, 5.41) is 6.60. The third-order valence-corrected chi connectivity index (χ3v) is 4.51. The fourth-order valence-corrected chi connectivity index (χ4v) is 3.32. The van der Waals surface area contributed by atoms with Crippen molar-refractivity contribution >= 4 is 11.3 Å². The van der Waals surface area contributed by atoms with Gasteiger partial charge in [0.25, 0.3) is 0 Å². The molecule has 2 nitrogen and oxygen atoms in total. The second-order valence-corrected chi connectivity index (χ2v) is 5.87. The molecule has 0 saturated heterocycles. The van der Waals surface area contributed by atoms with Gasteiger partial charge in [0.15, 0.2) is 0 Å². The van der Waals surface area contributed by atoms with Crippen molar-refractivity contribution in [3.8, 4) is 10.6 Å². The summed E-state index contributed by atoms with van der Waals surface area (Å²) in [5.74, 6) is -0.205. The Labute approximate surface area is 116 Å². The Morgan fingerprint density at radius 2 is 1.95 bits per heavy atom. The maximum absolute atomic E-state index is 12.9. The van der Waals surface area contributed by atoms with E-state index < -0.39 is 0 Å². The lowest BCUT2D eigenvalue weighted by Crippen LogP contribution is -2.25. The van der Waals surface area contributed by atoms with Crippen molar-refractivity contribution < 1.29 is 4.39 Å². The van der Waals surface area contributed by atoms with Crippen LogP contribution >= 0.6 is 11.3 Å². The van der Waals surface area contributed by atoms with E-state index in [1.165, 1.54) is 37.8 Å². The predicted octanol–water partition coefficient (Wildman–Crippen LogP) is 3.98. The van der Waals surface area contributed by atoms with E-state index in [1.807, 2.05) is 0 Å². The molecule has 1 aromatic heterocycles. The zero-order valence-electron chi connectivity index (χ0n) is 10.7. The Bertz CT molecular complexity index is 529. The van der Waals surface area contributed by atoms with Crippen LogP contribution in [0.25, 0.3) is 10.6 Å². The Morgan fingerprint density at radius 1 is 1.21 bits per heavy atom. The molecular weight excluding hydrogens is 259 g/mol. The Morgan fingerprint density at radius 3 is 2.68 bits per heavy atom. The van der Waals surface area contributed by atoms with Crippen molar-refractivity contribution in [3.05, 3.63) is 41.2 Å². The molecule has 0 aliphatic heterocycles. The summed E-state index contributed by atoms with van der Waals surface area (Å²) in [4.78, 5) is 4.60. The molecule has 100 valence electrons. The molecule has 0 spiro atoms. The third kappa shape index (κ3) is 3.19. The average Bonchev–Trinajstić information content (AvgIpc) is 3.09. The molecule has 1 fully saturated rings. The van der Waals surface area contributed by atoms with Gasteiger partial charge in [0.05, 0.1) is 5.69 Å². The van der Waals surface area contributed by atoms with Crippen LogP contribution in [0.2, 0.25) is 0 Å². The number of thiazole rings is 1. The van der Waals surface area contributed by atoms with Gasteiger partial charge in [-0.05, 0) is 37.1 Å². The minimum absolute atomic E-state index is 0.205. The summed E-state index contributed by atoms with van der Waals surface area (Å²) >= 11 is 1.62. The van der Waals surface area contributed by atoms with Crippen molar-refractivity contribution in [3.63, 3.8) is 0 Å². The Balaban J connectivity index is 1.63. The molecule has 0 bridgehead atoms. The highest BCUT2D eigenvalue weighted by Gasteiger charge is 2.14. The summed E-state index contributed by atoms with van der Waals surface area (Å²) in [6.45, 7) is 0.836. The molecule has 0 unspecified atom stereocenters. The minimum atomic E-state index is -0.205. The summed E-state index contributed by atoms with van der Waals surface area (Å²) in [7, 11) is 0. The van der Waals surface area contributed by atoms with Gasteiger partial charge in [0, 0.05) is 23.5 Å². The number of halogens is 1. The molecule has 1 aromatic carbocycles. The van der Waals surface area contributed by atoms with E-state index in [-0.39, 0.29) is 5.82 Å². The van der Waals surface area contributed by atoms with E-state index >= 15 is 0 Å². The number of hydrogen-bond donors (Lipinski definition) is 1. The first-order valence-corrected chi connectivity index (χ1v) is 7.63. The summed E-state index contributed by atoms with van der Waals surface area (Å²) in [6.07, 6.45) is 5.26. The van der Waals surface area contributed by atoms with Gasteiger partial charge >= 0.3 is 0 Å². The SMILES string of the molecule is Fc1ccc(-c2nc(CNC3CCCC3)cs2)cc1. The monoisotopic (exact) mass is 276 g/mol. The van der Waals surface area contributed by atoms with E-state index in [0.29, 0.717) is 6.04 Å². The van der Waals surface area contributed by atoms with Crippen LogP contribution in [0.5, 0.6) is 0 Å². The number of hydrogen-bond acceptors (Lipinski definition) is 3. The van der Waals surface area contributed by atoms with Crippen molar-refractivity contribution in [1.29, 1.82) is 0 Å². The molecule has 4 heteroatoms. The molecule has 3 rings (SSSR count). The summed E-state index contributed by atoms with van der Waals surface area (Å²) in [6, 6.07) is 7.18. The van der Waals surface area contributed by atoms with Crippen LogP contribution in [0.15, 0.2) is 29.6 Å². The fourth-order valence-electron chi connectivity index (χ4n) is 2.49. The minimum Gasteiger partial charge on any atom is -0.308 e. The van der Waals surface area contributed by atoms with Crippen molar-refractivity contribution in [2.24, 2.45) is 0 Å². The van der Waals surface area contributed by atoms with Crippen molar-refractivity contribution in [2.45, 2.75) is 38.3 Å². The molecule has 1 saturated carbocycles. The van der Waals surface area contributed by atoms with E-state index in [1.54, 1.807) is 23.5 Å². The lowest BCUT2D eigenvalue weighted by Gasteiger charge is -2.09. The topological polar surface area (TPSA) is 24.9 Å². The first-order chi connectivity index (χ1) is 9.31. The number of nitrogens with one attached hydrogen (secondary N) is 1. The lowest BCUT2D eigenvalue weighted by molar-refractivity contribution is 0.520. The molecule has 1 aliphatic rings. The predicted molar refractivity (Wildman–Crippen MR) is 76.6 cm³/mol. The first-order valence-electron chi connectivity index (χ1n) is 6.75. The van der Waals surface area contributed by atoms with Gasteiger partial charge in [-0.15, -0.1) is 11.3 Å². The standard InChI is InChI=1S/C15H17FN2S/c16-12-7-5-11(6-8-12)15-18-14(10-19-15)9-17-13-3-1-2-4-13/h5-8,10,13,17H,1-4,9H2. The molecule has 19 heavy (non-hydrogen) atoms. The van der Waals surface area contributed by atoms with E-state index in [9.17, 15) is 4.39 Å². The Kier molecular flexibility index (Phi) is 3.89. The number of nitrogens with zero attached hydrogens (tertiary/aromatic N) is 1. The molecule has 1 N–H and O–H groups in total. The maximum Gasteiger partial charge on any atom is 0.123 e. The number of aromatic nitrogens is 1. The van der Waals surface area contributed by atoms with Gasteiger partial charge in [-0.2, -0.15) is 0 Å². The normalized spacial score (nSPS) is 16.1. The highest BCUT2D eigenvalue weighted by Crippen LogP contribution is 2.24. The van der Waals surface area contributed by atoms with Gasteiger partial charge in [-0.1, -0.05) is 12.8 Å². The molecule has 0 atom stereocenters. The van der Waals surface area contributed by atoms with Crippen LogP contribution < -0.4 is 5.32 Å². The first kappa shape index (κ1) is 12.8. The maximum atomic E-state index is 12.9. The van der Waals surface area contributed by atoms with Gasteiger partial charge in [0.1, 0.15) is 10.8 Å². The Hall–Kier alpha value is -1.26. The van der Waals surface area contributed by atoms with Crippen LogP contribution in [-0.4, -0.2) is 11.0 Å². The van der Waals surface area contributed by atoms with Crippen LogP contribution in [-0.2, 0) is 6.54 Å². The number of benzene rings is 1. The van der Waals surface area contributed by atoms with Gasteiger partial charge in [-0.3, -0.25) is 0 Å².